The SMILES string of the molecule is CC1(C)OB(c2ccc(N3CCN4CCC3C4)cc2)OC1(C)C. The third kappa shape index (κ3) is 2.59. The fourth-order valence-corrected chi connectivity index (χ4v) is 3.84. The number of benzene rings is 1. The van der Waals surface area contributed by atoms with E-state index in [1.54, 1.807) is 0 Å². The summed E-state index contributed by atoms with van der Waals surface area (Å²) in [7, 11) is -0.266. The molecule has 0 saturated carbocycles. The third-order valence-electron chi connectivity index (χ3n) is 6.10. The molecule has 0 radical (unpaired) electrons. The Bertz CT molecular complexity index is 571. The van der Waals surface area contributed by atoms with Gasteiger partial charge in [0.15, 0.2) is 0 Å². The Balaban J connectivity index is 1.51. The summed E-state index contributed by atoms with van der Waals surface area (Å²) >= 11 is 0. The van der Waals surface area contributed by atoms with Gasteiger partial charge in [0.1, 0.15) is 0 Å². The first-order valence-corrected chi connectivity index (χ1v) is 8.80. The van der Waals surface area contributed by atoms with Crippen LogP contribution in [0.3, 0.4) is 0 Å². The van der Waals surface area contributed by atoms with Crippen molar-refractivity contribution in [3.8, 4) is 0 Å². The maximum Gasteiger partial charge on any atom is 0.494 e. The van der Waals surface area contributed by atoms with Crippen molar-refractivity contribution in [2.24, 2.45) is 0 Å². The van der Waals surface area contributed by atoms with Crippen molar-refractivity contribution in [1.29, 1.82) is 0 Å². The molecule has 0 aliphatic carbocycles. The smallest absolute Gasteiger partial charge is 0.399 e. The molecule has 3 aliphatic rings. The second-order valence-corrected chi connectivity index (χ2v) is 8.12. The van der Waals surface area contributed by atoms with Gasteiger partial charge in [0.2, 0.25) is 0 Å². The summed E-state index contributed by atoms with van der Waals surface area (Å²) < 4.78 is 12.3. The predicted molar refractivity (Wildman–Crippen MR) is 94.3 cm³/mol. The molecule has 2 bridgehead atoms. The molecule has 1 aromatic rings. The van der Waals surface area contributed by atoms with Gasteiger partial charge in [-0.15, -0.1) is 0 Å². The van der Waals surface area contributed by atoms with E-state index in [0.717, 1.165) is 12.0 Å². The first kappa shape index (κ1) is 15.5. The van der Waals surface area contributed by atoms with Gasteiger partial charge in [0, 0.05) is 37.9 Å². The highest BCUT2D eigenvalue weighted by atomic mass is 16.7. The molecule has 2 unspecified atom stereocenters. The van der Waals surface area contributed by atoms with Crippen LogP contribution in [0.5, 0.6) is 0 Å². The first-order chi connectivity index (χ1) is 10.9. The van der Waals surface area contributed by atoms with Crippen LogP contribution < -0.4 is 10.4 Å². The van der Waals surface area contributed by atoms with Crippen molar-refractivity contribution >= 4 is 18.3 Å². The molecule has 23 heavy (non-hydrogen) atoms. The minimum Gasteiger partial charge on any atom is -0.399 e. The molecule has 2 atom stereocenters. The molecular weight excluding hydrogens is 287 g/mol. The van der Waals surface area contributed by atoms with Crippen molar-refractivity contribution < 1.29 is 9.31 Å². The lowest BCUT2D eigenvalue weighted by Gasteiger charge is -2.36. The molecule has 3 heterocycles. The predicted octanol–water partition coefficient (Wildman–Crippen LogP) is 1.88. The zero-order chi connectivity index (χ0) is 16.2. The van der Waals surface area contributed by atoms with Gasteiger partial charge >= 0.3 is 7.12 Å². The number of rotatable bonds is 2. The van der Waals surface area contributed by atoms with Crippen LogP contribution in [-0.4, -0.2) is 55.4 Å². The van der Waals surface area contributed by atoms with Crippen LogP contribution in [-0.2, 0) is 9.31 Å². The third-order valence-corrected chi connectivity index (χ3v) is 6.10. The van der Waals surface area contributed by atoms with Gasteiger partial charge < -0.3 is 14.2 Å². The highest BCUT2D eigenvalue weighted by Crippen LogP contribution is 2.36. The van der Waals surface area contributed by atoms with Crippen LogP contribution in [0.2, 0.25) is 0 Å². The summed E-state index contributed by atoms with van der Waals surface area (Å²) in [6, 6.07) is 9.48. The Morgan fingerprint density at radius 2 is 1.61 bits per heavy atom. The number of piperazine rings is 1. The molecule has 4 rings (SSSR count). The lowest BCUT2D eigenvalue weighted by Crippen LogP contribution is -2.47. The van der Waals surface area contributed by atoms with Crippen LogP contribution in [0.15, 0.2) is 24.3 Å². The van der Waals surface area contributed by atoms with Crippen LogP contribution in [0.4, 0.5) is 5.69 Å². The highest BCUT2D eigenvalue weighted by Gasteiger charge is 2.51. The van der Waals surface area contributed by atoms with Gasteiger partial charge in [-0.3, -0.25) is 4.90 Å². The summed E-state index contributed by atoms with van der Waals surface area (Å²) in [5.41, 5.74) is 1.88. The van der Waals surface area contributed by atoms with E-state index < -0.39 is 0 Å². The molecule has 3 saturated heterocycles. The second-order valence-electron chi connectivity index (χ2n) is 8.12. The van der Waals surface area contributed by atoms with Gasteiger partial charge in [-0.1, -0.05) is 12.1 Å². The normalized spacial score (nSPS) is 31.7. The zero-order valence-electron chi connectivity index (χ0n) is 14.7. The standard InChI is InChI=1S/C18H27BN2O2/c1-17(2)18(3,4)23-19(22-17)14-5-7-15(8-6-14)21-12-11-20-10-9-16(21)13-20/h5-8,16H,9-13H2,1-4H3. The maximum atomic E-state index is 6.14. The number of hydrogen-bond donors (Lipinski definition) is 0. The number of hydrogen-bond acceptors (Lipinski definition) is 4. The summed E-state index contributed by atoms with van der Waals surface area (Å²) in [6.07, 6.45) is 1.29. The monoisotopic (exact) mass is 314 g/mol. The van der Waals surface area contributed by atoms with Gasteiger partial charge in [0.25, 0.3) is 0 Å². The van der Waals surface area contributed by atoms with Gasteiger partial charge in [-0.05, 0) is 51.7 Å². The van der Waals surface area contributed by atoms with E-state index in [9.17, 15) is 0 Å². The first-order valence-electron chi connectivity index (χ1n) is 8.80. The van der Waals surface area contributed by atoms with E-state index in [2.05, 4.69) is 61.8 Å². The molecule has 0 spiro atoms. The Morgan fingerprint density at radius 1 is 0.957 bits per heavy atom. The fourth-order valence-electron chi connectivity index (χ4n) is 3.84. The Labute approximate surface area is 139 Å². The van der Waals surface area contributed by atoms with Crippen LogP contribution in [0.25, 0.3) is 0 Å². The highest BCUT2D eigenvalue weighted by molar-refractivity contribution is 6.62. The average Bonchev–Trinajstić information content (AvgIpc) is 2.97. The summed E-state index contributed by atoms with van der Waals surface area (Å²) in [5.74, 6) is 0. The van der Waals surface area contributed by atoms with Gasteiger partial charge in [-0.2, -0.15) is 0 Å². The minimum absolute atomic E-state index is 0.266. The lowest BCUT2D eigenvalue weighted by atomic mass is 9.79. The molecule has 0 aromatic heterocycles. The van der Waals surface area contributed by atoms with E-state index >= 15 is 0 Å². The molecule has 5 heteroatoms. The molecule has 0 N–H and O–H groups in total. The van der Waals surface area contributed by atoms with Crippen LogP contribution in [0.1, 0.15) is 34.1 Å². The molecule has 4 nitrogen and oxygen atoms in total. The molecule has 1 aromatic carbocycles. The molecule has 0 amide bonds. The van der Waals surface area contributed by atoms with Gasteiger partial charge in [0.05, 0.1) is 11.2 Å². The maximum absolute atomic E-state index is 6.14. The second kappa shape index (κ2) is 5.23. The molecule has 124 valence electrons. The van der Waals surface area contributed by atoms with Gasteiger partial charge in [-0.25, -0.2) is 0 Å². The molecular formula is C18H27BN2O2. The topological polar surface area (TPSA) is 24.9 Å². The average molecular weight is 314 g/mol. The lowest BCUT2D eigenvalue weighted by molar-refractivity contribution is 0.00578. The fraction of sp³-hybridized carbons (Fsp3) is 0.667. The molecule has 3 aliphatic heterocycles. The largest absolute Gasteiger partial charge is 0.494 e. The Morgan fingerprint density at radius 3 is 2.26 bits per heavy atom. The van der Waals surface area contributed by atoms with Crippen LogP contribution in [0, 0.1) is 0 Å². The van der Waals surface area contributed by atoms with Crippen molar-refractivity contribution in [2.45, 2.75) is 51.4 Å². The summed E-state index contributed by atoms with van der Waals surface area (Å²) in [4.78, 5) is 5.14. The van der Waals surface area contributed by atoms with Crippen molar-refractivity contribution in [2.75, 3.05) is 31.1 Å². The van der Waals surface area contributed by atoms with Crippen LogP contribution >= 0.6 is 0 Å². The number of nitrogens with zero attached hydrogens (tertiary/aromatic N) is 2. The summed E-state index contributed by atoms with van der Waals surface area (Å²) in [5, 5.41) is 0. The quantitative estimate of drug-likeness (QED) is 0.778. The van der Waals surface area contributed by atoms with E-state index in [-0.39, 0.29) is 18.3 Å². The summed E-state index contributed by atoms with van der Waals surface area (Å²) in [6.45, 7) is 13.2. The zero-order valence-corrected chi connectivity index (χ0v) is 14.7. The van der Waals surface area contributed by atoms with E-state index in [1.807, 2.05) is 0 Å². The van der Waals surface area contributed by atoms with Crippen molar-refractivity contribution in [3.05, 3.63) is 24.3 Å². The number of anilines is 1. The van der Waals surface area contributed by atoms with E-state index in [0.29, 0.717) is 6.04 Å². The minimum atomic E-state index is -0.281. The molecule has 3 fully saturated rings. The van der Waals surface area contributed by atoms with E-state index in [4.69, 9.17) is 9.31 Å². The Hall–Kier alpha value is -1.04. The van der Waals surface area contributed by atoms with Crippen molar-refractivity contribution in [3.63, 3.8) is 0 Å². The number of fused-ring (bicyclic) bond motifs is 2. The Kier molecular flexibility index (Phi) is 3.52. The van der Waals surface area contributed by atoms with E-state index in [1.165, 1.54) is 31.7 Å². The van der Waals surface area contributed by atoms with Crippen molar-refractivity contribution in [1.82, 2.24) is 4.90 Å².